The van der Waals surface area contributed by atoms with Crippen molar-refractivity contribution in [2.75, 3.05) is 21.0 Å². The fraction of sp³-hybridized carbons (Fsp3) is 0.214. The van der Waals surface area contributed by atoms with Crippen molar-refractivity contribution in [3.05, 3.63) is 71.4 Å². The summed E-state index contributed by atoms with van der Waals surface area (Å²) in [4.78, 5) is 13.6. The van der Waals surface area contributed by atoms with Gasteiger partial charge in [-0.15, -0.1) is 0 Å². The highest BCUT2D eigenvalue weighted by Crippen LogP contribution is 2.45. The van der Waals surface area contributed by atoms with Crippen LogP contribution in [0.15, 0.2) is 54.7 Å². The Morgan fingerprint density at radius 1 is 1.03 bits per heavy atom. The SMILES string of the molecule is COc1ccc2c(C(N)C(=O)c3ccc(O)cc3)c3[n+](cc2c1OC)CCc1cc2c(cc1-3)OCO2. The first-order chi connectivity index (χ1) is 17.5. The highest BCUT2D eigenvalue weighted by molar-refractivity contribution is 6.05. The Morgan fingerprint density at radius 3 is 2.50 bits per heavy atom. The molecule has 3 N–H and O–H groups in total. The number of aryl methyl sites for hydroxylation is 2. The van der Waals surface area contributed by atoms with E-state index in [1.807, 2.05) is 30.5 Å². The Hall–Kier alpha value is -4.30. The maximum absolute atomic E-state index is 13.6. The van der Waals surface area contributed by atoms with E-state index in [0.717, 1.165) is 39.8 Å². The van der Waals surface area contributed by atoms with Gasteiger partial charge in [0.1, 0.15) is 11.8 Å². The summed E-state index contributed by atoms with van der Waals surface area (Å²) in [7, 11) is 3.19. The van der Waals surface area contributed by atoms with E-state index >= 15 is 0 Å². The van der Waals surface area contributed by atoms with Gasteiger partial charge in [0.15, 0.2) is 41.5 Å². The van der Waals surface area contributed by atoms with E-state index in [4.69, 9.17) is 24.7 Å². The van der Waals surface area contributed by atoms with Gasteiger partial charge >= 0.3 is 0 Å². The number of nitrogens with two attached hydrogens (primary N) is 1. The fourth-order valence-corrected chi connectivity index (χ4v) is 5.20. The molecule has 1 atom stereocenters. The average Bonchev–Trinajstić information content (AvgIpc) is 3.36. The largest absolute Gasteiger partial charge is 0.508 e. The Bertz CT molecular complexity index is 1530. The number of phenols is 1. The number of carbonyl (C=O) groups is 1. The molecular formula is C28H25N2O6+. The normalized spacial score (nSPS) is 14.2. The Morgan fingerprint density at radius 2 is 1.78 bits per heavy atom. The second-order valence-electron chi connectivity index (χ2n) is 8.85. The molecule has 2 aliphatic rings. The van der Waals surface area contributed by atoms with Gasteiger partial charge in [0.05, 0.1) is 30.7 Å². The van der Waals surface area contributed by atoms with Crippen molar-refractivity contribution in [2.45, 2.75) is 19.0 Å². The number of fused-ring (bicyclic) bond motifs is 5. The molecule has 0 aliphatic carbocycles. The molecule has 1 unspecified atom stereocenters. The van der Waals surface area contributed by atoms with Crippen LogP contribution in [0.2, 0.25) is 0 Å². The predicted molar refractivity (Wildman–Crippen MR) is 132 cm³/mol. The second-order valence-corrected chi connectivity index (χ2v) is 8.85. The number of benzene rings is 3. The van der Waals surface area contributed by atoms with Crippen molar-refractivity contribution in [2.24, 2.45) is 5.73 Å². The predicted octanol–water partition coefficient (Wildman–Crippen LogP) is 3.68. The number of phenolic OH excluding ortho intramolecular Hbond substituents is 1. The van der Waals surface area contributed by atoms with E-state index < -0.39 is 6.04 Å². The van der Waals surface area contributed by atoms with Crippen LogP contribution in [0.3, 0.4) is 0 Å². The topological polar surface area (TPSA) is 104 Å². The quantitative estimate of drug-likeness (QED) is 0.328. The van der Waals surface area contributed by atoms with E-state index in [1.54, 1.807) is 26.4 Å². The molecule has 2 aliphatic heterocycles. The van der Waals surface area contributed by atoms with Crippen molar-refractivity contribution in [3.8, 4) is 40.0 Å². The summed E-state index contributed by atoms with van der Waals surface area (Å²) in [6, 6.07) is 12.9. The van der Waals surface area contributed by atoms with Crippen LogP contribution in [-0.2, 0) is 13.0 Å². The number of pyridine rings is 1. The molecule has 6 rings (SSSR count). The van der Waals surface area contributed by atoms with E-state index in [0.29, 0.717) is 34.9 Å². The van der Waals surface area contributed by atoms with Crippen LogP contribution in [-0.4, -0.2) is 31.9 Å². The molecule has 3 aromatic carbocycles. The maximum Gasteiger partial charge on any atom is 0.231 e. The number of hydrogen-bond donors (Lipinski definition) is 2. The minimum atomic E-state index is -0.978. The van der Waals surface area contributed by atoms with Crippen molar-refractivity contribution < 1.29 is 33.4 Å². The fourth-order valence-electron chi connectivity index (χ4n) is 5.20. The zero-order valence-corrected chi connectivity index (χ0v) is 19.9. The van der Waals surface area contributed by atoms with Crippen LogP contribution < -0.4 is 29.2 Å². The maximum atomic E-state index is 13.6. The number of hydrogen-bond acceptors (Lipinski definition) is 7. The number of rotatable bonds is 5. The van der Waals surface area contributed by atoms with Gasteiger partial charge in [0.2, 0.25) is 12.5 Å². The number of methoxy groups -OCH3 is 2. The molecule has 36 heavy (non-hydrogen) atoms. The van der Waals surface area contributed by atoms with Gasteiger partial charge in [-0.1, -0.05) is 0 Å². The average molecular weight is 486 g/mol. The lowest BCUT2D eigenvalue weighted by Gasteiger charge is -2.23. The molecule has 0 amide bonds. The number of aromatic nitrogens is 1. The van der Waals surface area contributed by atoms with Crippen LogP contribution in [0.4, 0.5) is 0 Å². The van der Waals surface area contributed by atoms with Gasteiger partial charge in [-0.2, -0.15) is 4.57 Å². The molecule has 0 saturated carbocycles. The molecule has 0 bridgehead atoms. The summed E-state index contributed by atoms with van der Waals surface area (Å²) in [5.41, 5.74) is 10.8. The molecular weight excluding hydrogens is 460 g/mol. The van der Waals surface area contributed by atoms with Gasteiger partial charge in [-0.05, 0) is 54.1 Å². The van der Waals surface area contributed by atoms with Gasteiger partial charge in [0.25, 0.3) is 0 Å². The summed E-state index contributed by atoms with van der Waals surface area (Å²) in [6.07, 6.45) is 2.81. The van der Waals surface area contributed by atoms with E-state index in [-0.39, 0.29) is 18.3 Å². The number of Topliss-reactive ketones (excluding diaryl/α,β-unsaturated/α-hetero) is 1. The summed E-state index contributed by atoms with van der Waals surface area (Å²) < 4.78 is 24.7. The first-order valence-corrected chi connectivity index (χ1v) is 11.6. The third-order valence-corrected chi connectivity index (χ3v) is 6.92. The minimum absolute atomic E-state index is 0.0834. The van der Waals surface area contributed by atoms with Crippen molar-refractivity contribution >= 4 is 16.6 Å². The number of aromatic hydroxyl groups is 1. The summed E-state index contributed by atoms with van der Waals surface area (Å²) in [6.45, 7) is 0.865. The highest BCUT2D eigenvalue weighted by Gasteiger charge is 2.36. The minimum Gasteiger partial charge on any atom is -0.508 e. The third kappa shape index (κ3) is 3.33. The zero-order chi connectivity index (χ0) is 25.0. The standard InChI is InChI=1S/C28H24N2O6/c1-33-21-8-7-18-20(28(21)34-2)13-30-10-9-16-11-22-23(36-14-35-22)12-19(16)26(30)24(18)25(29)27(32)15-3-5-17(31)6-4-15/h3-8,11-13,25H,9-10,14,29H2,1-2H3/p+1. The molecule has 1 aromatic heterocycles. The summed E-state index contributed by atoms with van der Waals surface area (Å²) in [5, 5.41) is 11.3. The molecule has 182 valence electrons. The third-order valence-electron chi connectivity index (χ3n) is 6.92. The lowest BCUT2D eigenvalue weighted by Crippen LogP contribution is -2.42. The number of ketones is 1. The Balaban J connectivity index is 1.65. The number of nitrogens with zero attached hydrogens (tertiary/aromatic N) is 1. The van der Waals surface area contributed by atoms with Crippen LogP contribution in [0.1, 0.15) is 27.5 Å². The van der Waals surface area contributed by atoms with E-state index in [2.05, 4.69) is 4.57 Å². The van der Waals surface area contributed by atoms with Crippen molar-refractivity contribution in [3.63, 3.8) is 0 Å². The monoisotopic (exact) mass is 485 g/mol. The van der Waals surface area contributed by atoms with Crippen LogP contribution in [0, 0.1) is 0 Å². The lowest BCUT2D eigenvalue weighted by molar-refractivity contribution is -0.686. The van der Waals surface area contributed by atoms with Gasteiger partial charge < -0.3 is 29.8 Å². The van der Waals surface area contributed by atoms with Gasteiger partial charge in [-0.3, -0.25) is 4.79 Å². The van der Waals surface area contributed by atoms with Crippen LogP contribution in [0.5, 0.6) is 28.7 Å². The molecule has 0 saturated heterocycles. The molecule has 8 nitrogen and oxygen atoms in total. The highest BCUT2D eigenvalue weighted by atomic mass is 16.7. The molecule has 0 radical (unpaired) electrons. The van der Waals surface area contributed by atoms with E-state index in [9.17, 15) is 9.90 Å². The van der Waals surface area contributed by atoms with Crippen molar-refractivity contribution in [1.82, 2.24) is 0 Å². The Kier molecular flexibility index (Phi) is 5.19. The summed E-state index contributed by atoms with van der Waals surface area (Å²) >= 11 is 0. The zero-order valence-electron chi connectivity index (χ0n) is 19.9. The summed E-state index contributed by atoms with van der Waals surface area (Å²) in [5.74, 6) is 2.38. The lowest BCUT2D eigenvalue weighted by atomic mass is 9.86. The first kappa shape index (κ1) is 22.2. The van der Waals surface area contributed by atoms with Crippen LogP contribution in [0.25, 0.3) is 22.0 Å². The molecule has 0 fully saturated rings. The molecule has 3 heterocycles. The second kappa shape index (κ2) is 8.42. The Labute approximate surface area is 207 Å². The number of ether oxygens (including phenoxy) is 4. The molecule has 8 heteroatoms. The first-order valence-electron chi connectivity index (χ1n) is 11.6. The van der Waals surface area contributed by atoms with Crippen LogP contribution >= 0.6 is 0 Å². The van der Waals surface area contributed by atoms with Crippen molar-refractivity contribution in [1.29, 1.82) is 0 Å². The molecule has 4 aromatic rings. The molecule has 0 spiro atoms. The van der Waals surface area contributed by atoms with Gasteiger partial charge in [-0.25, -0.2) is 0 Å². The van der Waals surface area contributed by atoms with E-state index in [1.165, 1.54) is 12.1 Å². The van der Waals surface area contributed by atoms with Gasteiger partial charge in [0, 0.05) is 17.4 Å². The number of carbonyl (C=O) groups excluding carboxylic acids is 1. The smallest absolute Gasteiger partial charge is 0.231 e.